The van der Waals surface area contributed by atoms with Crippen molar-refractivity contribution in [3.8, 4) is 17.7 Å². The molecule has 1 amide bonds. The second-order valence-corrected chi connectivity index (χ2v) is 6.84. The Morgan fingerprint density at radius 1 is 1.38 bits per heavy atom. The summed E-state index contributed by atoms with van der Waals surface area (Å²) in [6.07, 6.45) is 0. The largest absolute Gasteiger partial charge is 0.484 e. The fourth-order valence-corrected chi connectivity index (χ4v) is 3.54. The number of carbonyl (C=O) groups excluding carboxylic acids is 1. The van der Waals surface area contributed by atoms with Gasteiger partial charge in [0.2, 0.25) is 11.8 Å². The minimum absolute atomic E-state index is 0.0299. The van der Waals surface area contributed by atoms with E-state index in [4.69, 9.17) is 19.9 Å². The van der Waals surface area contributed by atoms with E-state index >= 15 is 0 Å². The summed E-state index contributed by atoms with van der Waals surface area (Å²) in [6.45, 7) is 4.12. The first-order valence-corrected chi connectivity index (χ1v) is 9.29. The monoisotopic (exact) mass is 395 g/mol. The summed E-state index contributed by atoms with van der Waals surface area (Å²) in [7, 11) is 0. The number of nitrogens with two attached hydrogens (primary N) is 1. The van der Waals surface area contributed by atoms with E-state index in [1.165, 1.54) is 0 Å². The summed E-state index contributed by atoms with van der Waals surface area (Å²) in [4.78, 5) is 13.9. The van der Waals surface area contributed by atoms with E-state index in [-0.39, 0.29) is 24.3 Å². The zero-order chi connectivity index (χ0) is 20.4. The highest BCUT2D eigenvalue weighted by molar-refractivity contribution is 5.77. The van der Waals surface area contributed by atoms with Crippen LogP contribution in [0.2, 0.25) is 0 Å². The molecule has 0 radical (unpaired) electrons. The molecule has 9 heteroatoms. The van der Waals surface area contributed by atoms with Crippen LogP contribution in [0.3, 0.4) is 0 Å². The van der Waals surface area contributed by atoms with Crippen molar-refractivity contribution < 1.29 is 19.0 Å². The maximum absolute atomic E-state index is 12.2. The SMILES string of the molecule is Cc1[nH]nc2c1C(c1ccc(OCC(=O)N3CCOCC3)cc1)C(C#N)=C(N)O2. The predicted octanol–water partition coefficient (Wildman–Crippen LogP) is 1.17. The van der Waals surface area contributed by atoms with Crippen LogP contribution in [0.25, 0.3) is 0 Å². The van der Waals surface area contributed by atoms with Gasteiger partial charge in [-0.05, 0) is 24.6 Å². The molecule has 29 heavy (non-hydrogen) atoms. The second kappa shape index (κ2) is 7.85. The fourth-order valence-electron chi connectivity index (χ4n) is 3.54. The highest BCUT2D eigenvalue weighted by atomic mass is 16.5. The first-order valence-electron chi connectivity index (χ1n) is 9.29. The van der Waals surface area contributed by atoms with Crippen LogP contribution in [-0.2, 0) is 9.53 Å². The standard InChI is InChI=1S/C20H21N5O4/c1-12-17-18(15(10-21)19(22)29-20(17)24-23-12)13-2-4-14(5-3-13)28-11-16(26)25-6-8-27-9-7-25/h2-5,18H,6-9,11,22H2,1H3,(H,23,24). The van der Waals surface area contributed by atoms with E-state index in [1.807, 2.05) is 19.1 Å². The molecule has 1 atom stereocenters. The van der Waals surface area contributed by atoms with Gasteiger partial charge >= 0.3 is 0 Å². The highest BCUT2D eigenvalue weighted by Gasteiger charge is 2.34. The summed E-state index contributed by atoms with van der Waals surface area (Å²) >= 11 is 0. The molecule has 2 aliphatic rings. The average Bonchev–Trinajstić information content (AvgIpc) is 3.12. The normalized spacial score (nSPS) is 18.6. The maximum Gasteiger partial charge on any atom is 0.260 e. The van der Waals surface area contributed by atoms with Crippen molar-refractivity contribution in [3.05, 3.63) is 52.5 Å². The molecule has 150 valence electrons. The number of benzene rings is 1. The Balaban J connectivity index is 1.51. The van der Waals surface area contributed by atoms with Crippen molar-refractivity contribution in [1.29, 1.82) is 5.26 Å². The fraction of sp³-hybridized carbons (Fsp3) is 0.350. The van der Waals surface area contributed by atoms with Crippen molar-refractivity contribution in [1.82, 2.24) is 15.1 Å². The molecule has 0 saturated carbocycles. The molecule has 0 bridgehead atoms. The van der Waals surface area contributed by atoms with Gasteiger partial charge in [0, 0.05) is 24.3 Å². The lowest BCUT2D eigenvalue weighted by molar-refractivity contribution is -0.137. The topological polar surface area (TPSA) is 126 Å². The molecule has 1 saturated heterocycles. The van der Waals surface area contributed by atoms with Crippen LogP contribution in [-0.4, -0.2) is 53.9 Å². The number of H-pyrrole nitrogens is 1. The number of amides is 1. The molecule has 0 aliphatic carbocycles. The number of aryl methyl sites for hydroxylation is 1. The van der Waals surface area contributed by atoms with Gasteiger partial charge in [0.15, 0.2) is 6.61 Å². The third-order valence-corrected chi connectivity index (χ3v) is 5.07. The van der Waals surface area contributed by atoms with Gasteiger partial charge in [-0.15, -0.1) is 5.10 Å². The van der Waals surface area contributed by atoms with Gasteiger partial charge in [0.1, 0.15) is 17.4 Å². The Morgan fingerprint density at radius 2 is 2.10 bits per heavy atom. The number of fused-ring (bicyclic) bond motifs is 1. The summed E-state index contributed by atoms with van der Waals surface area (Å²) < 4.78 is 16.4. The lowest BCUT2D eigenvalue weighted by Crippen LogP contribution is -2.42. The summed E-state index contributed by atoms with van der Waals surface area (Å²) in [6, 6.07) is 9.40. The number of carbonyl (C=O) groups is 1. The minimum Gasteiger partial charge on any atom is -0.484 e. The molecule has 3 N–H and O–H groups in total. The quantitative estimate of drug-likeness (QED) is 0.796. The molecule has 4 rings (SSSR count). The number of hydrogen-bond acceptors (Lipinski definition) is 7. The predicted molar refractivity (Wildman–Crippen MR) is 102 cm³/mol. The number of aromatic nitrogens is 2. The number of nitrogens with zero attached hydrogens (tertiary/aromatic N) is 3. The first-order chi connectivity index (χ1) is 14.1. The van der Waals surface area contributed by atoms with Gasteiger partial charge in [-0.1, -0.05) is 12.1 Å². The van der Waals surface area contributed by atoms with Crippen molar-refractivity contribution in [2.75, 3.05) is 32.9 Å². The lowest BCUT2D eigenvalue weighted by atomic mass is 9.84. The minimum atomic E-state index is -0.383. The van der Waals surface area contributed by atoms with E-state index in [0.29, 0.717) is 43.5 Å². The number of nitrogens with one attached hydrogen (secondary N) is 1. The molecule has 1 aromatic carbocycles. The van der Waals surface area contributed by atoms with E-state index in [1.54, 1.807) is 17.0 Å². The zero-order valence-electron chi connectivity index (χ0n) is 16.0. The Hall–Kier alpha value is -3.51. The third kappa shape index (κ3) is 3.62. The van der Waals surface area contributed by atoms with Gasteiger partial charge in [0.25, 0.3) is 5.91 Å². The van der Waals surface area contributed by atoms with Crippen LogP contribution in [0.5, 0.6) is 11.6 Å². The first kappa shape index (κ1) is 18.8. The van der Waals surface area contributed by atoms with E-state index in [2.05, 4.69) is 16.3 Å². The molecule has 9 nitrogen and oxygen atoms in total. The van der Waals surface area contributed by atoms with E-state index in [0.717, 1.165) is 16.8 Å². The summed E-state index contributed by atoms with van der Waals surface area (Å²) in [5.74, 6) is 0.546. The van der Waals surface area contributed by atoms with Gasteiger partial charge in [0.05, 0.1) is 19.1 Å². The van der Waals surface area contributed by atoms with Gasteiger partial charge in [-0.3, -0.25) is 9.89 Å². The number of morpholine rings is 1. The van der Waals surface area contributed by atoms with Crippen LogP contribution in [0.15, 0.2) is 35.7 Å². The number of ether oxygens (including phenoxy) is 3. The number of aromatic amines is 1. The lowest BCUT2D eigenvalue weighted by Gasteiger charge is -2.26. The van der Waals surface area contributed by atoms with Crippen molar-refractivity contribution in [2.24, 2.45) is 5.73 Å². The van der Waals surface area contributed by atoms with Crippen LogP contribution < -0.4 is 15.2 Å². The summed E-state index contributed by atoms with van der Waals surface area (Å²) in [5.41, 5.74) is 8.70. The molecular formula is C20H21N5O4. The van der Waals surface area contributed by atoms with Crippen LogP contribution in [0.1, 0.15) is 22.7 Å². The number of allylic oxidation sites excluding steroid dienone is 1. The zero-order valence-corrected chi connectivity index (χ0v) is 16.0. The molecule has 1 unspecified atom stereocenters. The molecule has 1 aromatic heterocycles. The summed E-state index contributed by atoms with van der Waals surface area (Å²) in [5, 5.41) is 16.6. The average molecular weight is 395 g/mol. The van der Waals surface area contributed by atoms with Crippen LogP contribution in [0, 0.1) is 18.3 Å². The number of rotatable bonds is 4. The Kier molecular flexibility index (Phi) is 5.10. The van der Waals surface area contributed by atoms with Crippen molar-refractivity contribution >= 4 is 5.91 Å². The van der Waals surface area contributed by atoms with E-state index < -0.39 is 0 Å². The number of nitriles is 1. The third-order valence-electron chi connectivity index (χ3n) is 5.07. The number of hydrogen-bond donors (Lipinski definition) is 2. The van der Waals surface area contributed by atoms with Crippen molar-refractivity contribution in [3.63, 3.8) is 0 Å². The van der Waals surface area contributed by atoms with Gasteiger partial charge < -0.3 is 24.8 Å². The van der Waals surface area contributed by atoms with Crippen LogP contribution >= 0.6 is 0 Å². The van der Waals surface area contributed by atoms with Gasteiger partial charge in [-0.25, -0.2) is 0 Å². The molecular weight excluding hydrogens is 374 g/mol. The van der Waals surface area contributed by atoms with Crippen LogP contribution in [0.4, 0.5) is 0 Å². The van der Waals surface area contributed by atoms with Crippen molar-refractivity contribution in [2.45, 2.75) is 12.8 Å². The Bertz CT molecular complexity index is 983. The molecule has 2 aromatic rings. The smallest absolute Gasteiger partial charge is 0.260 e. The molecule has 2 aliphatic heterocycles. The van der Waals surface area contributed by atoms with Gasteiger partial charge in [-0.2, -0.15) is 5.26 Å². The second-order valence-electron chi connectivity index (χ2n) is 6.84. The molecule has 0 spiro atoms. The Morgan fingerprint density at radius 3 is 2.79 bits per heavy atom. The Labute approximate surface area is 167 Å². The highest BCUT2D eigenvalue weighted by Crippen LogP contribution is 2.42. The maximum atomic E-state index is 12.2. The molecule has 1 fully saturated rings. The molecule has 3 heterocycles. The van der Waals surface area contributed by atoms with E-state index in [9.17, 15) is 10.1 Å².